The lowest BCUT2D eigenvalue weighted by atomic mass is 10.0. The summed E-state index contributed by atoms with van der Waals surface area (Å²) in [5.41, 5.74) is 2.10. The summed E-state index contributed by atoms with van der Waals surface area (Å²) in [5.74, 6) is -1.30. The summed E-state index contributed by atoms with van der Waals surface area (Å²) in [7, 11) is 0. The molecule has 0 aromatic heterocycles. The number of hydrogen-bond donors (Lipinski definition) is 1. The van der Waals surface area contributed by atoms with E-state index in [2.05, 4.69) is 21.2 Å². The molecule has 1 heterocycles. The summed E-state index contributed by atoms with van der Waals surface area (Å²) < 4.78 is 0.886. The van der Waals surface area contributed by atoms with Crippen molar-refractivity contribution in [3.05, 3.63) is 100 Å². The van der Waals surface area contributed by atoms with Crippen molar-refractivity contribution in [3.63, 3.8) is 0 Å². The third-order valence-corrected chi connectivity index (χ3v) is 5.35. The average molecular weight is 449 g/mol. The molecule has 0 radical (unpaired) electrons. The number of rotatable bonds is 5. The molecule has 0 bridgehead atoms. The first-order valence-corrected chi connectivity index (χ1v) is 9.91. The molecule has 3 aromatic carbocycles. The molecule has 1 unspecified atom stereocenters. The van der Waals surface area contributed by atoms with Gasteiger partial charge in [0, 0.05) is 16.6 Å². The van der Waals surface area contributed by atoms with Crippen molar-refractivity contribution in [2.45, 2.75) is 12.5 Å². The van der Waals surface area contributed by atoms with E-state index in [0.29, 0.717) is 16.8 Å². The van der Waals surface area contributed by atoms with Crippen molar-refractivity contribution in [1.82, 2.24) is 4.90 Å². The van der Waals surface area contributed by atoms with E-state index in [1.807, 2.05) is 42.5 Å². The van der Waals surface area contributed by atoms with E-state index in [4.69, 9.17) is 0 Å². The SMILES string of the molecule is O=C(Nc1ccc(Br)cc1)C(Cc1ccccc1)N1C(=O)c2ccccc2C1=O. The van der Waals surface area contributed by atoms with E-state index in [9.17, 15) is 14.4 Å². The molecule has 0 saturated carbocycles. The van der Waals surface area contributed by atoms with Crippen molar-refractivity contribution >= 4 is 39.3 Å². The van der Waals surface area contributed by atoms with Gasteiger partial charge in [-0.1, -0.05) is 58.4 Å². The number of fused-ring (bicyclic) bond motifs is 1. The number of nitrogens with one attached hydrogen (secondary N) is 1. The van der Waals surface area contributed by atoms with Gasteiger partial charge in [-0.25, -0.2) is 0 Å². The molecule has 0 spiro atoms. The van der Waals surface area contributed by atoms with Crippen molar-refractivity contribution in [1.29, 1.82) is 0 Å². The van der Waals surface area contributed by atoms with Crippen LogP contribution in [0.25, 0.3) is 0 Å². The van der Waals surface area contributed by atoms with Crippen molar-refractivity contribution in [3.8, 4) is 0 Å². The highest BCUT2D eigenvalue weighted by molar-refractivity contribution is 9.10. The van der Waals surface area contributed by atoms with Crippen LogP contribution in [0.1, 0.15) is 26.3 Å². The molecule has 1 aliphatic rings. The second-order valence-corrected chi connectivity index (χ2v) is 7.64. The summed E-state index contributed by atoms with van der Waals surface area (Å²) in [6.07, 6.45) is 0.231. The lowest BCUT2D eigenvalue weighted by Gasteiger charge is -2.25. The van der Waals surface area contributed by atoms with Crippen LogP contribution < -0.4 is 5.32 Å². The molecule has 6 heteroatoms. The van der Waals surface area contributed by atoms with Crippen LogP contribution in [0.2, 0.25) is 0 Å². The fraction of sp³-hybridized carbons (Fsp3) is 0.0870. The average Bonchev–Trinajstić information content (AvgIpc) is 2.99. The van der Waals surface area contributed by atoms with Gasteiger partial charge in [-0.05, 0) is 42.0 Å². The minimum Gasteiger partial charge on any atom is -0.324 e. The quantitative estimate of drug-likeness (QED) is 0.591. The Morgan fingerprint density at radius 3 is 1.97 bits per heavy atom. The Hall–Kier alpha value is -3.25. The highest BCUT2D eigenvalue weighted by atomic mass is 79.9. The Kier molecular flexibility index (Phi) is 5.27. The zero-order valence-electron chi connectivity index (χ0n) is 15.3. The Morgan fingerprint density at radius 1 is 0.828 bits per heavy atom. The Morgan fingerprint density at radius 2 is 1.38 bits per heavy atom. The third kappa shape index (κ3) is 3.84. The van der Waals surface area contributed by atoms with Crippen LogP contribution in [0.15, 0.2) is 83.3 Å². The number of amides is 3. The number of hydrogen-bond acceptors (Lipinski definition) is 3. The number of nitrogens with zero attached hydrogens (tertiary/aromatic N) is 1. The van der Waals surface area contributed by atoms with Gasteiger partial charge < -0.3 is 5.32 Å². The molecule has 29 heavy (non-hydrogen) atoms. The fourth-order valence-corrected chi connectivity index (χ4v) is 3.65. The molecule has 4 rings (SSSR count). The maximum absolute atomic E-state index is 13.2. The molecule has 144 valence electrons. The number of benzene rings is 3. The van der Waals surface area contributed by atoms with E-state index in [0.717, 1.165) is 14.9 Å². The molecule has 3 aromatic rings. The predicted molar refractivity (Wildman–Crippen MR) is 114 cm³/mol. The summed E-state index contributed by atoms with van der Waals surface area (Å²) in [5, 5.41) is 2.83. The molecule has 1 aliphatic heterocycles. The lowest BCUT2D eigenvalue weighted by Crippen LogP contribution is -2.48. The molecule has 3 amide bonds. The van der Waals surface area contributed by atoms with E-state index >= 15 is 0 Å². The van der Waals surface area contributed by atoms with Crippen molar-refractivity contribution in [2.75, 3.05) is 5.32 Å². The lowest BCUT2D eigenvalue weighted by molar-refractivity contribution is -0.119. The minimum absolute atomic E-state index is 0.231. The Bertz CT molecular complexity index is 1050. The Labute approximate surface area is 176 Å². The summed E-state index contributed by atoms with van der Waals surface area (Å²) in [6.45, 7) is 0. The normalized spacial score (nSPS) is 13.9. The summed E-state index contributed by atoms with van der Waals surface area (Å²) in [4.78, 5) is 40.2. The van der Waals surface area contributed by atoms with Gasteiger partial charge in [0.2, 0.25) is 5.91 Å². The van der Waals surface area contributed by atoms with E-state index in [1.54, 1.807) is 36.4 Å². The molecule has 1 N–H and O–H groups in total. The van der Waals surface area contributed by atoms with Crippen LogP contribution in [0.3, 0.4) is 0 Å². The molecule has 0 saturated heterocycles. The smallest absolute Gasteiger partial charge is 0.262 e. The monoisotopic (exact) mass is 448 g/mol. The van der Waals surface area contributed by atoms with Gasteiger partial charge in [-0.3, -0.25) is 19.3 Å². The number of carbonyl (C=O) groups is 3. The van der Waals surface area contributed by atoms with E-state index < -0.39 is 23.8 Å². The zero-order valence-corrected chi connectivity index (χ0v) is 16.9. The first kappa shape index (κ1) is 19.1. The van der Waals surface area contributed by atoms with E-state index in [1.165, 1.54) is 0 Å². The maximum atomic E-state index is 13.2. The molecular formula is C23H17BrN2O3. The highest BCUT2D eigenvalue weighted by Gasteiger charge is 2.42. The van der Waals surface area contributed by atoms with Gasteiger partial charge in [0.25, 0.3) is 11.8 Å². The number of imide groups is 1. The van der Waals surface area contributed by atoms with Crippen molar-refractivity contribution < 1.29 is 14.4 Å². The van der Waals surface area contributed by atoms with Crippen LogP contribution in [-0.4, -0.2) is 28.7 Å². The van der Waals surface area contributed by atoms with Gasteiger partial charge in [0.05, 0.1) is 11.1 Å². The second kappa shape index (κ2) is 8.01. The standard InChI is InChI=1S/C23H17BrN2O3/c24-16-10-12-17(13-11-16)25-21(27)20(14-15-6-2-1-3-7-15)26-22(28)18-8-4-5-9-19(18)23(26)29/h1-13,20H,14H2,(H,25,27). The summed E-state index contributed by atoms with van der Waals surface area (Å²) >= 11 is 3.36. The van der Waals surface area contributed by atoms with Gasteiger partial charge in [0.15, 0.2) is 0 Å². The molecule has 0 aliphatic carbocycles. The van der Waals surface area contributed by atoms with Crippen molar-refractivity contribution in [2.24, 2.45) is 0 Å². The molecule has 5 nitrogen and oxygen atoms in total. The minimum atomic E-state index is -0.964. The molecular weight excluding hydrogens is 432 g/mol. The van der Waals surface area contributed by atoms with E-state index in [-0.39, 0.29) is 6.42 Å². The first-order chi connectivity index (χ1) is 14.0. The zero-order chi connectivity index (χ0) is 20.4. The van der Waals surface area contributed by atoms with Gasteiger partial charge in [-0.2, -0.15) is 0 Å². The fourth-order valence-electron chi connectivity index (χ4n) is 3.39. The number of anilines is 1. The maximum Gasteiger partial charge on any atom is 0.262 e. The van der Waals surface area contributed by atoms with Gasteiger partial charge in [0.1, 0.15) is 6.04 Å². The van der Waals surface area contributed by atoms with Gasteiger partial charge >= 0.3 is 0 Å². The first-order valence-electron chi connectivity index (χ1n) is 9.12. The summed E-state index contributed by atoms with van der Waals surface area (Å²) in [6, 6.07) is 22.2. The third-order valence-electron chi connectivity index (χ3n) is 4.82. The largest absolute Gasteiger partial charge is 0.324 e. The number of halogens is 1. The topological polar surface area (TPSA) is 66.5 Å². The number of carbonyl (C=O) groups excluding carboxylic acids is 3. The second-order valence-electron chi connectivity index (χ2n) is 6.73. The van der Waals surface area contributed by atoms with Crippen LogP contribution in [0.4, 0.5) is 5.69 Å². The van der Waals surface area contributed by atoms with Crippen LogP contribution in [-0.2, 0) is 11.2 Å². The highest BCUT2D eigenvalue weighted by Crippen LogP contribution is 2.27. The predicted octanol–water partition coefficient (Wildman–Crippen LogP) is 4.30. The Balaban J connectivity index is 1.67. The van der Waals surface area contributed by atoms with Crippen LogP contribution in [0.5, 0.6) is 0 Å². The molecule has 0 fully saturated rings. The van der Waals surface area contributed by atoms with Crippen LogP contribution >= 0.6 is 15.9 Å². The van der Waals surface area contributed by atoms with Gasteiger partial charge in [-0.15, -0.1) is 0 Å². The molecule has 1 atom stereocenters. The van der Waals surface area contributed by atoms with Crippen LogP contribution in [0, 0.1) is 0 Å².